The Kier molecular flexibility index (Phi) is 3.25. The number of nitriles is 1. The van der Waals surface area contributed by atoms with Crippen molar-refractivity contribution in [1.29, 1.82) is 5.26 Å². The predicted octanol–water partition coefficient (Wildman–Crippen LogP) is 3.01. The summed E-state index contributed by atoms with van der Waals surface area (Å²) in [4.78, 5) is 0. The van der Waals surface area contributed by atoms with Crippen LogP contribution in [0.2, 0.25) is 0 Å². The van der Waals surface area contributed by atoms with Gasteiger partial charge in [0.05, 0.1) is 16.5 Å². The zero-order chi connectivity index (χ0) is 14.2. The summed E-state index contributed by atoms with van der Waals surface area (Å²) >= 11 is 3.44. The lowest BCUT2D eigenvalue weighted by atomic mass is 9.72. The molecule has 4 heteroatoms. The van der Waals surface area contributed by atoms with Crippen LogP contribution in [0.1, 0.15) is 11.1 Å². The van der Waals surface area contributed by atoms with Gasteiger partial charge in [-0.25, -0.2) is 0 Å². The van der Waals surface area contributed by atoms with E-state index in [1.54, 1.807) is 0 Å². The van der Waals surface area contributed by atoms with E-state index in [1.165, 1.54) is 0 Å². The van der Waals surface area contributed by atoms with Crippen LogP contribution < -0.4 is 4.74 Å². The van der Waals surface area contributed by atoms with Gasteiger partial charge in [0, 0.05) is 5.56 Å². The zero-order valence-electron chi connectivity index (χ0n) is 10.6. The number of hydrogen-bond acceptors (Lipinski definition) is 3. The molecule has 1 aliphatic heterocycles. The maximum atomic E-state index is 10.1. The Labute approximate surface area is 125 Å². The molecule has 3 rings (SSSR count). The summed E-state index contributed by atoms with van der Waals surface area (Å²) < 4.78 is 6.57. The number of aliphatic hydroxyl groups excluding tert-OH is 1. The molecule has 0 aromatic heterocycles. The summed E-state index contributed by atoms with van der Waals surface area (Å²) in [6, 6.07) is 17.4. The maximum absolute atomic E-state index is 10.1. The molecular weight excluding hydrogens is 318 g/mol. The first-order chi connectivity index (χ1) is 9.74. The second-order valence-electron chi connectivity index (χ2n) is 4.74. The Morgan fingerprint density at radius 1 is 1.20 bits per heavy atom. The number of ether oxygens (including phenoxy) is 1. The van der Waals surface area contributed by atoms with Crippen molar-refractivity contribution in [1.82, 2.24) is 0 Å². The molecule has 1 N–H and O–H groups in total. The van der Waals surface area contributed by atoms with Crippen LogP contribution in [-0.2, 0) is 5.41 Å². The first-order valence-electron chi connectivity index (χ1n) is 6.25. The number of para-hydroxylation sites is 1. The Hall–Kier alpha value is -1.83. The maximum Gasteiger partial charge on any atom is 0.200 e. The van der Waals surface area contributed by atoms with Gasteiger partial charge in [-0.05, 0) is 27.6 Å². The second-order valence-corrected chi connectivity index (χ2v) is 5.59. The first-order valence-corrected chi connectivity index (χ1v) is 7.05. The molecule has 1 aliphatic rings. The summed E-state index contributed by atoms with van der Waals surface area (Å²) in [5.74, 6) is 0.636. The van der Waals surface area contributed by atoms with E-state index in [1.807, 2.05) is 48.5 Å². The quantitative estimate of drug-likeness (QED) is 0.921. The summed E-state index contributed by atoms with van der Waals surface area (Å²) in [5, 5.41) is 19.5. The first kappa shape index (κ1) is 13.2. The van der Waals surface area contributed by atoms with Gasteiger partial charge in [-0.15, -0.1) is 0 Å². The van der Waals surface area contributed by atoms with Gasteiger partial charge in [-0.3, -0.25) is 0 Å². The fraction of sp³-hybridized carbons (Fsp3) is 0.188. The van der Waals surface area contributed by atoms with Crippen LogP contribution >= 0.6 is 15.9 Å². The van der Waals surface area contributed by atoms with Crippen molar-refractivity contribution in [2.24, 2.45) is 0 Å². The van der Waals surface area contributed by atoms with Gasteiger partial charge in [-0.1, -0.05) is 42.5 Å². The molecule has 0 aliphatic carbocycles. The molecule has 0 amide bonds. The fourth-order valence-corrected chi connectivity index (χ4v) is 3.24. The predicted molar refractivity (Wildman–Crippen MR) is 78.5 cm³/mol. The fourth-order valence-electron chi connectivity index (χ4n) is 2.78. The molecule has 3 nitrogen and oxygen atoms in total. The molecule has 0 spiro atoms. The molecule has 0 bridgehead atoms. The van der Waals surface area contributed by atoms with Crippen molar-refractivity contribution in [3.05, 3.63) is 64.1 Å². The third-order valence-corrected chi connectivity index (χ3v) is 4.41. The number of hydrogen-bond donors (Lipinski definition) is 1. The van der Waals surface area contributed by atoms with Gasteiger partial charge in [0.2, 0.25) is 0 Å². The van der Waals surface area contributed by atoms with Crippen LogP contribution in [0.25, 0.3) is 0 Å². The van der Waals surface area contributed by atoms with E-state index >= 15 is 0 Å². The SMILES string of the molecule is N#C[C@H]1Oc2c(Br)cccc2[C@@]1(CO)c1ccccc1. The molecule has 1 heterocycles. The smallest absolute Gasteiger partial charge is 0.200 e. The minimum absolute atomic E-state index is 0.182. The number of rotatable bonds is 2. The van der Waals surface area contributed by atoms with Crippen molar-refractivity contribution in [3.8, 4) is 11.8 Å². The molecule has 100 valence electrons. The third-order valence-electron chi connectivity index (χ3n) is 3.79. The van der Waals surface area contributed by atoms with Crippen LogP contribution in [0.5, 0.6) is 5.75 Å². The number of benzene rings is 2. The van der Waals surface area contributed by atoms with E-state index < -0.39 is 11.5 Å². The van der Waals surface area contributed by atoms with E-state index in [2.05, 4.69) is 22.0 Å². The normalized spacial score (nSPS) is 23.8. The van der Waals surface area contributed by atoms with Gasteiger partial charge in [0.25, 0.3) is 0 Å². The van der Waals surface area contributed by atoms with Crippen molar-refractivity contribution < 1.29 is 9.84 Å². The lowest BCUT2D eigenvalue weighted by Gasteiger charge is -2.29. The lowest BCUT2D eigenvalue weighted by molar-refractivity contribution is 0.147. The largest absolute Gasteiger partial charge is 0.473 e. The van der Waals surface area contributed by atoms with Gasteiger partial charge in [-0.2, -0.15) is 5.26 Å². The minimum atomic E-state index is -0.838. The van der Waals surface area contributed by atoms with E-state index in [0.717, 1.165) is 15.6 Å². The van der Waals surface area contributed by atoms with Crippen molar-refractivity contribution in [2.75, 3.05) is 6.61 Å². The van der Waals surface area contributed by atoms with E-state index in [0.29, 0.717) is 5.75 Å². The second kappa shape index (κ2) is 4.93. The molecule has 2 atom stereocenters. The monoisotopic (exact) mass is 329 g/mol. The van der Waals surface area contributed by atoms with E-state index in [9.17, 15) is 10.4 Å². The Morgan fingerprint density at radius 2 is 1.95 bits per heavy atom. The van der Waals surface area contributed by atoms with Crippen molar-refractivity contribution in [3.63, 3.8) is 0 Å². The number of halogens is 1. The van der Waals surface area contributed by atoms with Gasteiger partial charge >= 0.3 is 0 Å². The molecule has 2 aromatic carbocycles. The topological polar surface area (TPSA) is 53.2 Å². The van der Waals surface area contributed by atoms with Gasteiger partial charge < -0.3 is 9.84 Å². The van der Waals surface area contributed by atoms with E-state index in [4.69, 9.17) is 4.74 Å². The average molecular weight is 330 g/mol. The molecule has 0 saturated heterocycles. The number of fused-ring (bicyclic) bond motifs is 1. The summed E-state index contributed by atoms with van der Waals surface area (Å²) in [7, 11) is 0. The molecule has 0 unspecified atom stereocenters. The molecule has 0 radical (unpaired) electrons. The van der Waals surface area contributed by atoms with Crippen molar-refractivity contribution in [2.45, 2.75) is 11.5 Å². The number of nitrogens with zero attached hydrogens (tertiary/aromatic N) is 1. The Morgan fingerprint density at radius 3 is 2.60 bits per heavy atom. The van der Waals surface area contributed by atoms with Crippen LogP contribution in [0.15, 0.2) is 53.0 Å². The highest BCUT2D eigenvalue weighted by Gasteiger charge is 2.51. The zero-order valence-corrected chi connectivity index (χ0v) is 12.2. The van der Waals surface area contributed by atoms with Crippen LogP contribution in [0, 0.1) is 11.3 Å². The van der Waals surface area contributed by atoms with E-state index in [-0.39, 0.29) is 6.61 Å². The standard InChI is InChI=1S/C16H12BrNO2/c17-13-8-4-7-12-15(13)20-14(9-18)16(12,10-19)11-5-2-1-3-6-11/h1-8,14,19H,10H2/t14-,16-/m1/s1. The van der Waals surface area contributed by atoms with Crippen LogP contribution in [0.3, 0.4) is 0 Å². The van der Waals surface area contributed by atoms with Gasteiger partial charge in [0.1, 0.15) is 11.8 Å². The highest BCUT2D eigenvalue weighted by atomic mass is 79.9. The summed E-state index contributed by atoms with van der Waals surface area (Å²) in [6.07, 6.45) is -0.747. The molecule has 2 aromatic rings. The molecule has 20 heavy (non-hydrogen) atoms. The van der Waals surface area contributed by atoms with Crippen LogP contribution in [0.4, 0.5) is 0 Å². The minimum Gasteiger partial charge on any atom is -0.473 e. The highest BCUT2D eigenvalue weighted by molar-refractivity contribution is 9.10. The Bertz CT molecular complexity index is 681. The number of aliphatic hydroxyl groups is 1. The average Bonchev–Trinajstić information content (AvgIpc) is 2.84. The summed E-state index contributed by atoms with van der Waals surface area (Å²) in [5.41, 5.74) is 0.882. The molecule has 0 fully saturated rings. The third kappa shape index (κ3) is 1.67. The van der Waals surface area contributed by atoms with Crippen LogP contribution in [-0.4, -0.2) is 17.8 Å². The lowest BCUT2D eigenvalue weighted by Crippen LogP contribution is -2.41. The van der Waals surface area contributed by atoms with Gasteiger partial charge in [0.15, 0.2) is 6.10 Å². The summed E-state index contributed by atoms with van der Waals surface area (Å²) in [6.45, 7) is -0.182. The van der Waals surface area contributed by atoms with Crippen molar-refractivity contribution >= 4 is 15.9 Å². The molecule has 0 saturated carbocycles. The molecular formula is C16H12BrNO2. The Balaban J connectivity index is 2.30. The highest BCUT2D eigenvalue weighted by Crippen LogP contribution is 2.49.